The van der Waals surface area contributed by atoms with Crippen molar-refractivity contribution in [2.45, 2.75) is 42.1 Å². The van der Waals surface area contributed by atoms with Crippen molar-refractivity contribution in [3.05, 3.63) is 29.8 Å². The summed E-state index contributed by atoms with van der Waals surface area (Å²) in [6.07, 6.45) is 0. The summed E-state index contributed by atoms with van der Waals surface area (Å²) in [5, 5.41) is 11.7. The number of fused-ring (bicyclic) bond motifs is 1. The van der Waals surface area contributed by atoms with Crippen LogP contribution < -0.4 is 11.1 Å². The predicted molar refractivity (Wildman–Crippen MR) is 95.1 cm³/mol. The molecule has 1 unspecified atom stereocenters. The molecule has 2 amide bonds. The average molecular weight is 379 g/mol. The number of phenolic OH excluding ortho intramolecular Hbond substituents is 1. The predicted octanol–water partition coefficient (Wildman–Crippen LogP) is 0.112. The van der Waals surface area contributed by atoms with Crippen molar-refractivity contribution in [1.29, 1.82) is 0 Å². The summed E-state index contributed by atoms with van der Waals surface area (Å²) < 4.78 is 4.30. The molecule has 0 aromatic heterocycles. The highest BCUT2D eigenvalue weighted by molar-refractivity contribution is 8.01. The number of aromatic hydroxyl groups is 1. The number of amides is 2. The highest BCUT2D eigenvalue weighted by Gasteiger charge is 2.64. The quantitative estimate of drug-likeness (QED) is 0.501. The van der Waals surface area contributed by atoms with E-state index in [9.17, 15) is 19.5 Å². The van der Waals surface area contributed by atoms with Crippen molar-refractivity contribution in [3.63, 3.8) is 0 Å². The van der Waals surface area contributed by atoms with E-state index in [0.29, 0.717) is 5.56 Å². The smallest absolute Gasteiger partial charge is 0.330 e. The van der Waals surface area contributed by atoms with E-state index in [-0.39, 0.29) is 17.0 Å². The second kappa shape index (κ2) is 6.48. The molecule has 0 spiro atoms. The van der Waals surface area contributed by atoms with Gasteiger partial charge in [0.15, 0.2) is 0 Å². The van der Waals surface area contributed by atoms with Crippen LogP contribution in [0.5, 0.6) is 5.75 Å². The van der Waals surface area contributed by atoms with Crippen LogP contribution in [-0.2, 0) is 19.1 Å². The van der Waals surface area contributed by atoms with Crippen LogP contribution in [0.15, 0.2) is 24.3 Å². The number of rotatable bonds is 4. The maximum Gasteiger partial charge on any atom is 0.330 e. The van der Waals surface area contributed by atoms with Crippen molar-refractivity contribution in [2.24, 2.45) is 5.73 Å². The van der Waals surface area contributed by atoms with Crippen molar-refractivity contribution >= 4 is 29.5 Å². The van der Waals surface area contributed by atoms with Gasteiger partial charge >= 0.3 is 5.97 Å². The molecule has 1 aromatic carbocycles. The molecule has 2 heterocycles. The third-order valence-corrected chi connectivity index (χ3v) is 6.27. The lowest BCUT2D eigenvalue weighted by molar-refractivity contribution is -0.162. The Morgan fingerprint density at radius 1 is 1.35 bits per heavy atom. The summed E-state index contributed by atoms with van der Waals surface area (Å²) in [6.45, 7) is 3.73. The zero-order valence-corrected chi connectivity index (χ0v) is 15.4. The highest BCUT2D eigenvalue weighted by atomic mass is 32.2. The standard InChI is InChI=1S/C17H21N3O5S/c1-17(2)12(16(24)25-3)20-14(23)11(15(20)26-17)19-13(22)10(18)8-4-6-9(21)7-5-8/h4-7,10-12,15,21H,18H2,1-3H3,(H,19,22)/t10-,11-,12?,15-/m1/s1. The maximum absolute atomic E-state index is 12.5. The van der Waals surface area contributed by atoms with Crippen molar-refractivity contribution in [1.82, 2.24) is 10.2 Å². The van der Waals surface area contributed by atoms with Gasteiger partial charge in [-0.05, 0) is 31.5 Å². The number of phenols is 1. The van der Waals surface area contributed by atoms with Crippen LogP contribution in [0.3, 0.4) is 0 Å². The number of β-lactam (4-membered cyclic amide) rings is 1. The minimum atomic E-state index is -0.965. The number of methoxy groups -OCH3 is 1. The molecule has 2 aliphatic heterocycles. The molecule has 8 nitrogen and oxygen atoms in total. The number of hydrogen-bond donors (Lipinski definition) is 3. The first kappa shape index (κ1) is 18.5. The molecule has 0 radical (unpaired) electrons. The number of carbonyl (C=O) groups is 3. The molecule has 9 heteroatoms. The summed E-state index contributed by atoms with van der Waals surface area (Å²) in [5.74, 6) is -1.21. The first-order valence-corrected chi connectivity index (χ1v) is 8.98. The minimum Gasteiger partial charge on any atom is -0.508 e. The molecule has 1 aromatic rings. The Morgan fingerprint density at radius 3 is 2.54 bits per heavy atom. The van der Waals surface area contributed by atoms with Gasteiger partial charge in [-0.1, -0.05) is 12.1 Å². The molecular weight excluding hydrogens is 358 g/mol. The Kier molecular flexibility index (Phi) is 4.61. The first-order chi connectivity index (χ1) is 12.2. The van der Waals surface area contributed by atoms with Crippen molar-refractivity contribution < 1.29 is 24.2 Å². The van der Waals surface area contributed by atoms with E-state index in [0.717, 1.165) is 0 Å². The fourth-order valence-corrected chi connectivity index (χ4v) is 4.93. The van der Waals surface area contributed by atoms with Crippen LogP contribution in [0.1, 0.15) is 25.5 Å². The number of carbonyl (C=O) groups excluding carboxylic acids is 3. The molecule has 0 bridgehead atoms. The van der Waals surface area contributed by atoms with Crippen LogP contribution in [0.25, 0.3) is 0 Å². The maximum atomic E-state index is 12.5. The lowest BCUT2D eigenvalue weighted by atomic mass is 9.95. The van der Waals surface area contributed by atoms with Gasteiger partial charge in [-0.15, -0.1) is 11.8 Å². The molecule has 26 heavy (non-hydrogen) atoms. The molecule has 4 N–H and O–H groups in total. The third kappa shape index (κ3) is 2.90. The fraction of sp³-hybridized carbons (Fsp3) is 0.471. The molecule has 4 atom stereocenters. The van der Waals surface area contributed by atoms with Crippen LogP contribution in [0.2, 0.25) is 0 Å². The van der Waals surface area contributed by atoms with Crippen molar-refractivity contribution in [3.8, 4) is 5.75 Å². The van der Waals surface area contributed by atoms with Crippen LogP contribution >= 0.6 is 11.8 Å². The van der Waals surface area contributed by atoms with Gasteiger partial charge in [-0.3, -0.25) is 9.59 Å². The molecule has 0 aliphatic carbocycles. The summed E-state index contributed by atoms with van der Waals surface area (Å²) in [7, 11) is 1.29. The monoisotopic (exact) mass is 379 g/mol. The number of thioether (sulfide) groups is 1. The third-order valence-electron chi connectivity index (χ3n) is 4.70. The lowest BCUT2D eigenvalue weighted by Gasteiger charge is -2.44. The largest absolute Gasteiger partial charge is 0.508 e. The van der Waals surface area contributed by atoms with Crippen molar-refractivity contribution in [2.75, 3.05) is 7.11 Å². The average Bonchev–Trinajstić information content (AvgIpc) is 2.86. The number of esters is 1. The normalized spacial score (nSPS) is 27.3. The number of benzene rings is 1. The second-order valence-corrected chi connectivity index (χ2v) is 8.61. The molecule has 2 aliphatic rings. The lowest BCUT2D eigenvalue weighted by Crippen LogP contribution is -2.71. The number of hydrogen-bond acceptors (Lipinski definition) is 7. The highest BCUT2D eigenvalue weighted by Crippen LogP contribution is 2.51. The summed E-state index contributed by atoms with van der Waals surface area (Å²) in [5.41, 5.74) is 6.47. The van der Waals surface area contributed by atoms with Gasteiger partial charge < -0.3 is 25.8 Å². The summed E-state index contributed by atoms with van der Waals surface area (Å²) in [6, 6.07) is 3.60. The Labute approximate surface area is 155 Å². The topological polar surface area (TPSA) is 122 Å². The molecule has 2 saturated heterocycles. The Balaban J connectivity index is 1.71. The molecular formula is C17H21N3O5S. The number of nitrogens with zero attached hydrogens (tertiary/aromatic N) is 1. The molecule has 2 fully saturated rings. The molecule has 3 rings (SSSR count). The number of ether oxygens (including phenoxy) is 1. The van der Waals surface area contributed by atoms with E-state index < -0.39 is 34.7 Å². The zero-order chi connectivity index (χ0) is 19.2. The zero-order valence-electron chi connectivity index (χ0n) is 14.6. The minimum absolute atomic E-state index is 0.0737. The van der Waals surface area contributed by atoms with Crippen LogP contribution in [0, 0.1) is 0 Å². The fourth-order valence-electron chi connectivity index (χ4n) is 3.31. The van der Waals surface area contributed by atoms with Gasteiger partial charge in [-0.25, -0.2) is 4.79 Å². The van der Waals surface area contributed by atoms with Gasteiger partial charge in [0.1, 0.15) is 29.2 Å². The Morgan fingerprint density at radius 2 is 1.96 bits per heavy atom. The van der Waals surface area contributed by atoms with Crippen LogP contribution in [-0.4, -0.2) is 57.1 Å². The van der Waals surface area contributed by atoms with E-state index in [1.807, 2.05) is 13.8 Å². The van der Waals surface area contributed by atoms with Gasteiger partial charge in [0.05, 0.1) is 7.11 Å². The van der Waals surface area contributed by atoms with Crippen LogP contribution in [0.4, 0.5) is 0 Å². The van der Waals surface area contributed by atoms with E-state index in [1.54, 1.807) is 12.1 Å². The van der Waals surface area contributed by atoms with E-state index in [1.165, 1.54) is 35.9 Å². The molecule has 0 saturated carbocycles. The SMILES string of the molecule is COC(=O)C1N2C(=O)[C@@H](NC(=O)[C@H](N)c3ccc(O)cc3)[C@H]2SC1(C)C. The Bertz CT molecular complexity index is 751. The van der Waals surface area contributed by atoms with E-state index in [2.05, 4.69) is 5.32 Å². The van der Waals surface area contributed by atoms with Gasteiger partial charge in [-0.2, -0.15) is 0 Å². The van der Waals surface area contributed by atoms with E-state index in [4.69, 9.17) is 10.5 Å². The van der Waals surface area contributed by atoms with E-state index >= 15 is 0 Å². The number of nitrogens with one attached hydrogen (secondary N) is 1. The first-order valence-electron chi connectivity index (χ1n) is 8.10. The summed E-state index contributed by atoms with van der Waals surface area (Å²) >= 11 is 1.45. The number of nitrogens with two attached hydrogens (primary N) is 1. The Hall–Kier alpha value is -2.26. The van der Waals surface area contributed by atoms with Gasteiger partial charge in [0.25, 0.3) is 0 Å². The van der Waals surface area contributed by atoms with Gasteiger partial charge in [0.2, 0.25) is 11.8 Å². The molecule has 140 valence electrons. The second-order valence-electron chi connectivity index (χ2n) is 6.84. The van der Waals surface area contributed by atoms with Gasteiger partial charge in [0, 0.05) is 4.75 Å². The summed E-state index contributed by atoms with van der Waals surface area (Å²) in [4.78, 5) is 38.5.